The third-order valence-electron chi connectivity index (χ3n) is 2.17. The predicted octanol–water partition coefficient (Wildman–Crippen LogP) is 1.85. The van der Waals surface area contributed by atoms with Crippen LogP contribution in [0.4, 0.5) is 0 Å². The molecule has 0 atom stereocenters. The van der Waals surface area contributed by atoms with Gasteiger partial charge in [0.2, 0.25) is 5.91 Å². The number of amides is 1. The maximum atomic E-state index is 11.3. The first-order valence-corrected chi connectivity index (χ1v) is 5.89. The van der Waals surface area contributed by atoms with E-state index in [-0.39, 0.29) is 5.91 Å². The molecule has 0 saturated carbocycles. The van der Waals surface area contributed by atoms with Crippen molar-refractivity contribution >= 4 is 5.91 Å². The van der Waals surface area contributed by atoms with Gasteiger partial charge in [-0.3, -0.25) is 4.79 Å². The molecule has 0 spiro atoms. The summed E-state index contributed by atoms with van der Waals surface area (Å²) in [5, 5.41) is 6.09. The second-order valence-corrected chi connectivity index (χ2v) is 3.67. The Morgan fingerprint density at radius 1 is 1.20 bits per heavy atom. The first-order chi connectivity index (χ1) is 7.22. The molecular weight excluding hydrogens is 188 g/mol. The number of hydrogen-bond donors (Lipinski definition) is 2. The lowest BCUT2D eigenvalue weighted by molar-refractivity contribution is -0.117. The summed E-state index contributed by atoms with van der Waals surface area (Å²) in [4.78, 5) is 11.3. The van der Waals surface area contributed by atoms with Crippen molar-refractivity contribution in [2.24, 2.45) is 0 Å². The molecule has 88 valence electrons. The number of unbranched alkanes of at least 4 members (excludes halogenated alkanes) is 1. The lowest BCUT2D eigenvalue weighted by Crippen LogP contribution is -2.24. The molecule has 0 unspecified atom stereocenters. The van der Waals surface area contributed by atoms with Crippen molar-refractivity contribution in [2.75, 3.05) is 19.6 Å². The summed E-state index contributed by atoms with van der Waals surface area (Å²) in [7, 11) is 0. The molecule has 0 aromatic carbocycles. The van der Waals surface area contributed by atoms with E-state index in [4.69, 9.17) is 0 Å². The lowest BCUT2D eigenvalue weighted by atomic mass is 10.1. The van der Waals surface area contributed by atoms with E-state index in [2.05, 4.69) is 24.1 Å². The van der Waals surface area contributed by atoms with Crippen LogP contribution in [0.2, 0.25) is 0 Å². The van der Waals surface area contributed by atoms with E-state index < -0.39 is 0 Å². The maximum absolute atomic E-state index is 11.3. The highest BCUT2D eigenvalue weighted by molar-refractivity contribution is 5.92. The summed E-state index contributed by atoms with van der Waals surface area (Å²) in [5.41, 5.74) is 0.701. The van der Waals surface area contributed by atoms with Crippen molar-refractivity contribution in [2.45, 2.75) is 39.5 Å². The van der Waals surface area contributed by atoms with Crippen molar-refractivity contribution in [3.05, 3.63) is 12.2 Å². The zero-order valence-corrected chi connectivity index (χ0v) is 10.1. The van der Waals surface area contributed by atoms with Crippen LogP contribution in [0, 0.1) is 0 Å². The summed E-state index contributed by atoms with van der Waals surface area (Å²) in [6, 6.07) is 0. The molecule has 0 rings (SSSR count). The highest BCUT2D eigenvalue weighted by atomic mass is 16.1. The van der Waals surface area contributed by atoms with Crippen molar-refractivity contribution in [3.8, 4) is 0 Å². The Bertz CT molecular complexity index is 190. The van der Waals surface area contributed by atoms with Gasteiger partial charge in [-0.1, -0.05) is 13.5 Å². The molecule has 0 aliphatic carbocycles. The number of carbonyl (C=O) groups excluding carboxylic acids is 1. The van der Waals surface area contributed by atoms with Gasteiger partial charge in [-0.15, -0.1) is 0 Å². The normalized spacial score (nSPS) is 10.0. The van der Waals surface area contributed by atoms with E-state index in [1.54, 1.807) is 0 Å². The van der Waals surface area contributed by atoms with Gasteiger partial charge < -0.3 is 10.6 Å². The summed E-state index contributed by atoms with van der Waals surface area (Å²) in [6.45, 7) is 10.6. The van der Waals surface area contributed by atoms with Gasteiger partial charge in [0.15, 0.2) is 0 Å². The molecule has 0 aromatic heterocycles. The highest BCUT2D eigenvalue weighted by Crippen LogP contribution is 2.04. The minimum absolute atomic E-state index is 0.000910. The van der Waals surface area contributed by atoms with E-state index in [0.29, 0.717) is 12.1 Å². The number of carbonyl (C=O) groups is 1. The van der Waals surface area contributed by atoms with Gasteiger partial charge >= 0.3 is 0 Å². The first kappa shape index (κ1) is 14.2. The van der Waals surface area contributed by atoms with Crippen LogP contribution in [0.1, 0.15) is 39.5 Å². The van der Waals surface area contributed by atoms with E-state index in [1.165, 1.54) is 6.42 Å². The monoisotopic (exact) mass is 212 g/mol. The standard InChI is InChI=1S/C12H24N2O/c1-4-9-13-10-7-6-8-11(3)12(15)14-5-2/h13H,3-10H2,1-2H3,(H,14,15). The molecule has 3 heteroatoms. The summed E-state index contributed by atoms with van der Waals surface area (Å²) in [6.07, 6.45) is 4.12. The van der Waals surface area contributed by atoms with E-state index >= 15 is 0 Å². The molecule has 0 aromatic rings. The van der Waals surface area contributed by atoms with E-state index in [1.807, 2.05) is 6.92 Å². The molecule has 0 aliphatic heterocycles. The van der Waals surface area contributed by atoms with E-state index in [9.17, 15) is 4.79 Å². The van der Waals surface area contributed by atoms with Crippen molar-refractivity contribution < 1.29 is 4.79 Å². The Hall–Kier alpha value is -0.830. The third kappa shape index (κ3) is 8.18. The Morgan fingerprint density at radius 2 is 1.93 bits per heavy atom. The molecule has 0 radical (unpaired) electrons. The van der Waals surface area contributed by atoms with Crippen LogP contribution < -0.4 is 10.6 Å². The zero-order valence-electron chi connectivity index (χ0n) is 10.1. The lowest BCUT2D eigenvalue weighted by Gasteiger charge is -2.06. The average molecular weight is 212 g/mol. The zero-order chi connectivity index (χ0) is 11.5. The number of rotatable bonds is 9. The minimum Gasteiger partial charge on any atom is -0.353 e. The summed E-state index contributed by atoms with van der Waals surface area (Å²) < 4.78 is 0. The molecule has 1 amide bonds. The number of nitrogens with one attached hydrogen (secondary N) is 2. The molecule has 0 saturated heterocycles. The summed E-state index contributed by atoms with van der Waals surface area (Å²) in [5.74, 6) is -0.000910. The molecule has 0 bridgehead atoms. The Balaban J connectivity index is 3.35. The fourth-order valence-electron chi connectivity index (χ4n) is 1.29. The van der Waals surface area contributed by atoms with Crippen LogP contribution in [0.5, 0.6) is 0 Å². The van der Waals surface area contributed by atoms with Gasteiger partial charge in [0.25, 0.3) is 0 Å². The second kappa shape index (κ2) is 9.71. The largest absolute Gasteiger partial charge is 0.353 e. The van der Waals surface area contributed by atoms with Crippen molar-refractivity contribution in [1.29, 1.82) is 0 Å². The van der Waals surface area contributed by atoms with Crippen molar-refractivity contribution in [1.82, 2.24) is 10.6 Å². The van der Waals surface area contributed by atoms with Gasteiger partial charge in [0.05, 0.1) is 0 Å². The fourth-order valence-corrected chi connectivity index (χ4v) is 1.29. The molecule has 0 aliphatic rings. The van der Waals surface area contributed by atoms with Gasteiger partial charge in [-0.25, -0.2) is 0 Å². The third-order valence-corrected chi connectivity index (χ3v) is 2.17. The Morgan fingerprint density at radius 3 is 2.53 bits per heavy atom. The molecule has 15 heavy (non-hydrogen) atoms. The minimum atomic E-state index is -0.000910. The maximum Gasteiger partial charge on any atom is 0.246 e. The van der Waals surface area contributed by atoms with Crippen LogP contribution >= 0.6 is 0 Å². The predicted molar refractivity (Wildman–Crippen MR) is 64.8 cm³/mol. The van der Waals surface area contributed by atoms with Crippen LogP contribution in [-0.2, 0) is 4.79 Å². The summed E-state index contributed by atoms with van der Waals surface area (Å²) >= 11 is 0. The van der Waals surface area contributed by atoms with E-state index in [0.717, 1.165) is 32.4 Å². The molecule has 2 N–H and O–H groups in total. The van der Waals surface area contributed by atoms with Crippen LogP contribution in [0.25, 0.3) is 0 Å². The van der Waals surface area contributed by atoms with Gasteiger partial charge in [-0.2, -0.15) is 0 Å². The average Bonchev–Trinajstić information content (AvgIpc) is 2.23. The number of hydrogen-bond acceptors (Lipinski definition) is 2. The van der Waals surface area contributed by atoms with Crippen LogP contribution in [0.15, 0.2) is 12.2 Å². The molecule has 0 heterocycles. The van der Waals surface area contributed by atoms with Crippen molar-refractivity contribution in [3.63, 3.8) is 0 Å². The SMILES string of the molecule is C=C(CCCCNCCC)C(=O)NCC. The highest BCUT2D eigenvalue weighted by Gasteiger charge is 2.03. The molecule has 0 fully saturated rings. The van der Waals surface area contributed by atoms with Crippen LogP contribution in [0.3, 0.4) is 0 Å². The smallest absolute Gasteiger partial charge is 0.246 e. The second-order valence-electron chi connectivity index (χ2n) is 3.67. The topological polar surface area (TPSA) is 41.1 Å². The number of likely N-dealkylation sites (N-methyl/N-ethyl adjacent to an activating group) is 1. The first-order valence-electron chi connectivity index (χ1n) is 5.89. The Labute approximate surface area is 93.3 Å². The molecular formula is C12H24N2O. The van der Waals surface area contributed by atoms with Crippen LogP contribution in [-0.4, -0.2) is 25.5 Å². The molecule has 3 nitrogen and oxygen atoms in total. The Kier molecular flexibility index (Phi) is 9.18. The van der Waals surface area contributed by atoms with Gasteiger partial charge in [0, 0.05) is 12.1 Å². The van der Waals surface area contributed by atoms with Gasteiger partial charge in [0.1, 0.15) is 0 Å². The fraction of sp³-hybridized carbons (Fsp3) is 0.750. The quantitative estimate of drug-likeness (QED) is 0.452. The van der Waals surface area contributed by atoms with Gasteiger partial charge in [-0.05, 0) is 45.7 Å².